The summed E-state index contributed by atoms with van der Waals surface area (Å²) in [5, 5.41) is 0. The maximum absolute atomic E-state index is 12.9. The van der Waals surface area contributed by atoms with Crippen LogP contribution >= 0.6 is 15.9 Å². The monoisotopic (exact) mass is 321 g/mol. The van der Waals surface area contributed by atoms with E-state index in [9.17, 15) is 13.2 Å². The van der Waals surface area contributed by atoms with Crippen LogP contribution in [0.3, 0.4) is 0 Å². The molecule has 1 unspecified atom stereocenters. The first-order valence-corrected chi connectivity index (χ1v) is 6.27. The summed E-state index contributed by atoms with van der Waals surface area (Å²) in [4.78, 5) is 0. The van der Waals surface area contributed by atoms with E-state index in [1.165, 1.54) is 6.07 Å². The Labute approximate surface area is 113 Å². The van der Waals surface area contributed by atoms with Gasteiger partial charge in [0.2, 0.25) is 0 Å². The predicted octanol–water partition coefficient (Wildman–Crippen LogP) is 4.82. The molecule has 0 fully saturated rings. The molecule has 0 saturated heterocycles. The van der Waals surface area contributed by atoms with Crippen LogP contribution in [0.15, 0.2) is 34.8 Å². The Hall–Kier alpha value is -0.810. The fraction of sp³-hybridized carbons (Fsp3) is 0.385. The summed E-state index contributed by atoms with van der Waals surface area (Å²) in [5.41, 5.74) is 6.20. The fourth-order valence-electron chi connectivity index (χ4n) is 1.65. The fourth-order valence-corrected chi connectivity index (χ4v) is 2.02. The largest absolute Gasteiger partial charge is 0.416 e. The van der Waals surface area contributed by atoms with Crippen molar-refractivity contribution in [1.82, 2.24) is 0 Å². The summed E-state index contributed by atoms with van der Waals surface area (Å²) < 4.78 is 39.1. The molecule has 0 aliphatic carbocycles. The van der Waals surface area contributed by atoms with Gasteiger partial charge in [0.15, 0.2) is 0 Å². The van der Waals surface area contributed by atoms with Crippen molar-refractivity contribution in [2.75, 3.05) is 0 Å². The Bertz CT molecular complexity index is 440. The van der Waals surface area contributed by atoms with Crippen LogP contribution in [0.4, 0.5) is 13.2 Å². The van der Waals surface area contributed by atoms with Crippen molar-refractivity contribution in [3.8, 4) is 0 Å². The van der Waals surface area contributed by atoms with E-state index in [0.29, 0.717) is 17.3 Å². The lowest BCUT2D eigenvalue weighted by Crippen LogP contribution is -2.17. The third-order valence-electron chi connectivity index (χ3n) is 2.60. The second kappa shape index (κ2) is 5.89. The Balaban J connectivity index is 3.04. The van der Waals surface area contributed by atoms with Crippen LogP contribution in [0, 0.1) is 0 Å². The highest BCUT2D eigenvalue weighted by Crippen LogP contribution is 2.36. The molecule has 0 aromatic heterocycles. The molecular weight excluding hydrogens is 307 g/mol. The van der Waals surface area contributed by atoms with Crippen LogP contribution in [0.1, 0.15) is 36.9 Å². The number of nitrogens with two attached hydrogens (primary N) is 1. The van der Waals surface area contributed by atoms with Gasteiger partial charge in [-0.2, -0.15) is 13.2 Å². The van der Waals surface area contributed by atoms with Crippen LogP contribution in [-0.2, 0) is 6.18 Å². The summed E-state index contributed by atoms with van der Waals surface area (Å²) in [6, 6.07) is 3.43. The smallest absolute Gasteiger partial charge is 0.324 e. The van der Waals surface area contributed by atoms with E-state index in [1.54, 1.807) is 6.07 Å². The van der Waals surface area contributed by atoms with E-state index in [0.717, 1.165) is 11.6 Å². The van der Waals surface area contributed by atoms with E-state index in [1.807, 2.05) is 6.92 Å². The molecular formula is C13H15BrF3N. The second-order valence-electron chi connectivity index (χ2n) is 4.33. The topological polar surface area (TPSA) is 26.0 Å². The van der Waals surface area contributed by atoms with E-state index < -0.39 is 17.8 Å². The second-order valence-corrected chi connectivity index (χ2v) is 5.25. The zero-order valence-corrected chi connectivity index (χ0v) is 11.6. The van der Waals surface area contributed by atoms with Gasteiger partial charge in [0.25, 0.3) is 0 Å². The van der Waals surface area contributed by atoms with Gasteiger partial charge in [-0.15, -0.1) is 6.58 Å². The molecule has 0 amide bonds. The van der Waals surface area contributed by atoms with E-state index in [-0.39, 0.29) is 5.56 Å². The lowest BCUT2D eigenvalue weighted by atomic mass is 9.96. The van der Waals surface area contributed by atoms with E-state index in [2.05, 4.69) is 22.5 Å². The molecule has 1 rings (SSSR count). The average Bonchev–Trinajstić information content (AvgIpc) is 2.24. The molecule has 0 saturated carbocycles. The zero-order chi connectivity index (χ0) is 13.9. The standard InChI is InChI=1S/C13H15BrF3N/c1-8(2)3-6-12(18)10-5-4-9(14)7-11(10)13(15,16)17/h4-5,7,12H,1,3,6,18H2,2H3. The van der Waals surface area contributed by atoms with Crippen molar-refractivity contribution in [2.45, 2.75) is 32.0 Å². The highest BCUT2D eigenvalue weighted by molar-refractivity contribution is 9.10. The van der Waals surface area contributed by atoms with Gasteiger partial charge < -0.3 is 5.73 Å². The van der Waals surface area contributed by atoms with Gasteiger partial charge in [0.05, 0.1) is 5.56 Å². The molecule has 1 atom stereocenters. The maximum Gasteiger partial charge on any atom is 0.416 e. The Morgan fingerprint density at radius 2 is 2.06 bits per heavy atom. The lowest BCUT2D eigenvalue weighted by Gasteiger charge is -2.18. The van der Waals surface area contributed by atoms with Crippen molar-refractivity contribution in [1.29, 1.82) is 0 Å². The number of hydrogen-bond acceptors (Lipinski definition) is 1. The van der Waals surface area contributed by atoms with Crippen molar-refractivity contribution < 1.29 is 13.2 Å². The highest BCUT2D eigenvalue weighted by atomic mass is 79.9. The molecule has 1 aromatic rings. The predicted molar refractivity (Wildman–Crippen MR) is 70.1 cm³/mol. The van der Waals surface area contributed by atoms with Crippen LogP contribution < -0.4 is 5.73 Å². The lowest BCUT2D eigenvalue weighted by molar-refractivity contribution is -0.138. The Kier molecular flexibility index (Phi) is 4.99. The van der Waals surface area contributed by atoms with Gasteiger partial charge in [0, 0.05) is 10.5 Å². The molecule has 100 valence electrons. The third kappa shape index (κ3) is 4.14. The van der Waals surface area contributed by atoms with Crippen LogP contribution in [-0.4, -0.2) is 0 Å². The van der Waals surface area contributed by atoms with E-state index >= 15 is 0 Å². The van der Waals surface area contributed by atoms with Crippen molar-refractivity contribution >= 4 is 15.9 Å². The third-order valence-corrected chi connectivity index (χ3v) is 3.10. The molecule has 1 nitrogen and oxygen atoms in total. The molecule has 0 spiro atoms. The SMILES string of the molecule is C=C(C)CCC(N)c1ccc(Br)cc1C(F)(F)F. The van der Waals surface area contributed by atoms with Crippen molar-refractivity contribution in [3.05, 3.63) is 46.0 Å². The first-order valence-electron chi connectivity index (χ1n) is 5.48. The average molecular weight is 322 g/mol. The van der Waals surface area contributed by atoms with Crippen molar-refractivity contribution in [2.24, 2.45) is 5.73 Å². The van der Waals surface area contributed by atoms with Crippen molar-refractivity contribution in [3.63, 3.8) is 0 Å². The number of alkyl halides is 3. The van der Waals surface area contributed by atoms with Gasteiger partial charge in [-0.05, 0) is 37.5 Å². The van der Waals surface area contributed by atoms with Gasteiger partial charge >= 0.3 is 6.18 Å². The molecule has 0 aliphatic heterocycles. The van der Waals surface area contributed by atoms with E-state index in [4.69, 9.17) is 5.73 Å². The maximum atomic E-state index is 12.9. The van der Waals surface area contributed by atoms with Gasteiger partial charge in [-0.1, -0.05) is 27.6 Å². The number of benzene rings is 1. The normalized spacial score (nSPS) is 13.4. The molecule has 0 radical (unpaired) electrons. The minimum absolute atomic E-state index is 0.131. The summed E-state index contributed by atoms with van der Waals surface area (Å²) >= 11 is 3.05. The summed E-state index contributed by atoms with van der Waals surface area (Å²) in [5.74, 6) is 0. The summed E-state index contributed by atoms with van der Waals surface area (Å²) in [6.45, 7) is 5.55. The molecule has 0 heterocycles. The first kappa shape index (κ1) is 15.2. The van der Waals surface area contributed by atoms with Crippen LogP contribution in [0.5, 0.6) is 0 Å². The molecule has 5 heteroatoms. The number of allylic oxidation sites excluding steroid dienone is 1. The Morgan fingerprint density at radius 1 is 1.44 bits per heavy atom. The summed E-state index contributed by atoms with van der Waals surface area (Å²) in [7, 11) is 0. The zero-order valence-electron chi connectivity index (χ0n) is 10.0. The van der Waals surface area contributed by atoms with Crippen LogP contribution in [0.25, 0.3) is 0 Å². The van der Waals surface area contributed by atoms with Gasteiger partial charge in [0.1, 0.15) is 0 Å². The molecule has 18 heavy (non-hydrogen) atoms. The minimum Gasteiger partial charge on any atom is -0.324 e. The van der Waals surface area contributed by atoms with Crippen LogP contribution in [0.2, 0.25) is 0 Å². The quantitative estimate of drug-likeness (QED) is 0.790. The molecule has 0 aliphatic rings. The molecule has 2 N–H and O–H groups in total. The number of hydrogen-bond donors (Lipinski definition) is 1. The van der Waals surface area contributed by atoms with Gasteiger partial charge in [-0.3, -0.25) is 0 Å². The summed E-state index contributed by atoms with van der Waals surface area (Å²) in [6.07, 6.45) is -3.31. The Morgan fingerprint density at radius 3 is 2.56 bits per heavy atom. The highest BCUT2D eigenvalue weighted by Gasteiger charge is 2.34. The number of halogens is 4. The minimum atomic E-state index is -4.39. The first-order chi connectivity index (χ1) is 8.21. The molecule has 1 aromatic carbocycles. The van der Waals surface area contributed by atoms with Gasteiger partial charge in [-0.25, -0.2) is 0 Å². The molecule has 0 bridgehead atoms. The number of rotatable bonds is 4.